The summed E-state index contributed by atoms with van der Waals surface area (Å²) in [5.41, 5.74) is 2.50. The van der Waals surface area contributed by atoms with Crippen LogP contribution < -0.4 is 9.47 Å². The lowest BCUT2D eigenvalue weighted by molar-refractivity contribution is -0.123. The van der Waals surface area contributed by atoms with Crippen LogP contribution in [0.3, 0.4) is 0 Å². The highest BCUT2D eigenvalue weighted by molar-refractivity contribution is 5.81. The molecule has 2 aromatic rings. The molecule has 2 rings (SSSR count). The van der Waals surface area contributed by atoms with Crippen molar-refractivity contribution in [2.24, 2.45) is 0 Å². The Hall–Kier alpha value is -2.29. The first-order chi connectivity index (χ1) is 10.7. The van der Waals surface area contributed by atoms with Gasteiger partial charge < -0.3 is 9.47 Å². The number of aryl methyl sites for hydroxylation is 2. The zero-order chi connectivity index (χ0) is 15.8. The fraction of sp³-hybridized carbons (Fsp3) is 0.316. The van der Waals surface area contributed by atoms with Gasteiger partial charge in [0.05, 0.1) is 0 Å². The van der Waals surface area contributed by atoms with Gasteiger partial charge in [0.1, 0.15) is 24.7 Å². The Balaban J connectivity index is 1.74. The van der Waals surface area contributed by atoms with Gasteiger partial charge in [-0.15, -0.1) is 0 Å². The molecule has 3 nitrogen and oxygen atoms in total. The van der Waals surface area contributed by atoms with Gasteiger partial charge in [0.25, 0.3) is 0 Å². The van der Waals surface area contributed by atoms with Crippen molar-refractivity contribution in [3.05, 3.63) is 59.7 Å². The predicted octanol–water partition coefficient (Wildman–Crippen LogP) is 3.84. The molecule has 0 unspecified atom stereocenters. The zero-order valence-electron chi connectivity index (χ0n) is 13.2. The van der Waals surface area contributed by atoms with E-state index in [1.54, 1.807) is 0 Å². The summed E-state index contributed by atoms with van der Waals surface area (Å²) in [5, 5.41) is 0. The largest absolute Gasteiger partial charge is 0.486 e. The first-order valence-corrected chi connectivity index (χ1v) is 7.66. The topological polar surface area (TPSA) is 35.5 Å². The minimum absolute atomic E-state index is 0.0263. The monoisotopic (exact) mass is 298 g/mol. The second-order valence-electron chi connectivity index (χ2n) is 5.11. The number of ketones is 1. The van der Waals surface area contributed by atoms with Crippen LogP contribution in [0.5, 0.6) is 11.5 Å². The first-order valence-electron chi connectivity index (χ1n) is 7.66. The van der Waals surface area contributed by atoms with Gasteiger partial charge in [-0.1, -0.05) is 38.1 Å². The number of carbonyl (C=O) groups is 1. The standard InChI is InChI=1S/C19H22O3/c1-3-15-5-9-18(10-6-15)21-13-17(20)14-22-19-11-7-16(4-2)8-12-19/h5-12H,3-4,13-14H2,1-2H3. The van der Waals surface area contributed by atoms with Crippen molar-refractivity contribution in [1.29, 1.82) is 0 Å². The number of benzene rings is 2. The summed E-state index contributed by atoms with van der Waals surface area (Å²) >= 11 is 0. The Labute approximate surface area is 131 Å². The zero-order valence-corrected chi connectivity index (χ0v) is 13.2. The van der Waals surface area contributed by atoms with E-state index in [2.05, 4.69) is 13.8 Å². The lowest BCUT2D eigenvalue weighted by Crippen LogP contribution is -2.19. The summed E-state index contributed by atoms with van der Waals surface area (Å²) in [5.74, 6) is 1.33. The van der Waals surface area contributed by atoms with Gasteiger partial charge in [-0.05, 0) is 48.2 Å². The van der Waals surface area contributed by atoms with Crippen molar-refractivity contribution in [3.8, 4) is 11.5 Å². The predicted molar refractivity (Wildman–Crippen MR) is 87.6 cm³/mol. The molecule has 0 aromatic heterocycles. The highest BCUT2D eigenvalue weighted by Gasteiger charge is 2.05. The van der Waals surface area contributed by atoms with Crippen LogP contribution in [0.4, 0.5) is 0 Å². The van der Waals surface area contributed by atoms with Crippen LogP contribution in [0, 0.1) is 0 Å². The second kappa shape index (κ2) is 8.23. The first kappa shape index (κ1) is 16.1. The number of carbonyl (C=O) groups excluding carboxylic acids is 1. The minimum Gasteiger partial charge on any atom is -0.486 e. The molecule has 116 valence electrons. The van der Waals surface area contributed by atoms with Gasteiger partial charge >= 0.3 is 0 Å². The lowest BCUT2D eigenvalue weighted by atomic mass is 10.2. The van der Waals surface area contributed by atoms with Crippen LogP contribution in [0.15, 0.2) is 48.5 Å². The maximum atomic E-state index is 11.8. The van der Waals surface area contributed by atoms with Crippen LogP contribution >= 0.6 is 0 Å². The summed E-state index contributed by atoms with van der Waals surface area (Å²) in [4.78, 5) is 11.8. The summed E-state index contributed by atoms with van der Waals surface area (Å²) in [6, 6.07) is 15.6. The van der Waals surface area contributed by atoms with Crippen molar-refractivity contribution in [1.82, 2.24) is 0 Å². The molecule has 0 radical (unpaired) electrons. The van der Waals surface area contributed by atoms with E-state index in [1.807, 2.05) is 48.5 Å². The normalized spacial score (nSPS) is 10.3. The number of rotatable bonds is 8. The molecule has 0 saturated carbocycles. The Morgan fingerprint density at radius 2 is 1.09 bits per heavy atom. The second-order valence-corrected chi connectivity index (χ2v) is 5.11. The molecule has 0 aliphatic carbocycles. The molecular formula is C19H22O3. The van der Waals surface area contributed by atoms with Gasteiger partial charge in [0, 0.05) is 0 Å². The van der Waals surface area contributed by atoms with E-state index in [4.69, 9.17) is 9.47 Å². The fourth-order valence-electron chi connectivity index (χ4n) is 2.01. The summed E-state index contributed by atoms with van der Waals surface area (Å²) in [6.45, 7) is 4.25. The molecule has 0 N–H and O–H groups in total. The molecule has 22 heavy (non-hydrogen) atoms. The molecule has 0 bridgehead atoms. The van der Waals surface area contributed by atoms with E-state index in [-0.39, 0.29) is 19.0 Å². The summed E-state index contributed by atoms with van der Waals surface area (Å²) in [6.07, 6.45) is 1.98. The SMILES string of the molecule is CCc1ccc(OCC(=O)COc2ccc(CC)cc2)cc1. The van der Waals surface area contributed by atoms with E-state index in [1.165, 1.54) is 11.1 Å². The van der Waals surface area contributed by atoms with Gasteiger partial charge in [-0.25, -0.2) is 0 Å². The molecule has 0 amide bonds. The number of Topliss-reactive ketones (excluding diaryl/α,β-unsaturated/α-hetero) is 1. The highest BCUT2D eigenvalue weighted by atomic mass is 16.5. The molecule has 0 heterocycles. The Morgan fingerprint density at radius 1 is 0.727 bits per heavy atom. The molecule has 0 atom stereocenters. The molecule has 0 aliphatic heterocycles. The van der Waals surface area contributed by atoms with Crippen LogP contribution in [0.1, 0.15) is 25.0 Å². The van der Waals surface area contributed by atoms with Crippen LogP contribution in [0.25, 0.3) is 0 Å². The Bertz CT molecular complexity index is 532. The third-order valence-corrected chi connectivity index (χ3v) is 3.46. The molecule has 0 aliphatic rings. The average Bonchev–Trinajstić information content (AvgIpc) is 2.59. The highest BCUT2D eigenvalue weighted by Crippen LogP contribution is 2.14. The number of hydrogen-bond donors (Lipinski definition) is 0. The molecular weight excluding hydrogens is 276 g/mol. The van der Waals surface area contributed by atoms with E-state index in [0.29, 0.717) is 11.5 Å². The minimum atomic E-state index is -0.0841. The van der Waals surface area contributed by atoms with E-state index in [9.17, 15) is 4.79 Å². The van der Waals surface area contributed by atoms with Crippen LogP contribution in [-0.2, 0) is 17.6 Å². The Kier molecular flexibility index (Phi) is 6.01. The smallest absolute Gasteiger partial charge is 0.207 e. The molecule has 2 aromatic carbocycles. The van der Waals surface area contributed by atoms with E-state index in [0.717, 1.165) is 12.8 Å². The fourth-order valence-corrected chi connectivity index (χ4v) is 2.01. The van der Waals surface area contributed by atoms with Crippen molar-refractivity contribution in [2.45, 2.75) is 26.7 Å². The van der Waals surface area contributed by atoms with Crippen molar-refractivity contribution in [3.63, 3.8) is 0 Å². The summed E-state index contributed by atoms with van der Waals surface area (Å²) < 4.78 is 10.9. The maximum Gasteiger partial charge on any atom is 0.207 e. The average molecular weight is 298 g/mol. The molecule has 0 saturated heterocycles. The third kappa shape index (κ3) is 4.92. The molecule has 0 fully saturated rings. The van der Waals surface area contributed by atoms with Gasteiger partial charge in [-0.2, -0.15) is 0 Å². The quantitative estimate of drug-likeness (QED) is 0.743. The number of ether oxygens (including phenoxy) is 2. The molecule has 0 spiro atoms. The summed E-state index contributed by atoms with van der Waals surface area (Å²) in [7, 11) is 0. The Morgan fingerprint density at radius 3 is 1.41 bits per heavy atom. The van der Waals surface area contributed by atoms with E-state index >= 15 is 0 Å². The lowest BCUT2D eigenvalue weighted by Gasteiger charge is -2.08. The third-order valence-electron chi connectivity index (χ3n) is 3.46. The van der Waals surface area contributed by atoms with Crippen molar-refractivity contribution in [2.75, 3.05) is 13.2 Å². The maximum absolute atomic E-state index is 11.8. The molecule has 3 heteroatoms. The van der Waals surface area contributed by atoms with E-state index < -0.39 is 0 Å². The van der Waals surface area contributed by atoms with Crippen molar-refractivity contribution < 1.29 is 14.3 Å². The van der Waals surface area contributed by atoms with Crippen molar-refractivity contribution >= 4 is 5.78 Å². The van der Waals surface area contributed by atoms with Gasteiger partial charge in [-0.3, -0.25) is 4.79 Å². The van der Waals surface area contributed by atoms with Crippen LogP contribution in [0.2, 0.25) is 0 Å². The van der Waals surface area contributed by atoms with Crippen LogP contribution in [-0.4, -0.2) is 19.0 Å². The van der Waals surface area contributed by atoms with Gasteiger partial charge in [0.15, 0.2) is 0 Å². The van der Waals surface area contributed by atoms with Gasteiger partial charge in [0.2, 0.25) is 5.78 Å². The number of hydrogen-bond acceptors (Lipinski definition) is 3.